The number of rotatable bonds is 4. The van der Waals surface area contributed by atoms with Crippen molar-refractivity contribution in [3.8, 4) is 0 Å². The van der Waals surface area contributed by atoms with Gasteiger partial charge < -0.3 is 4.74 Å². The largest absolute Gasteiger partial charge is 0.465 e. The molecular formula is C19H14BrNO4S. The van der Waals surface area contributed by atoms with Gasteiger partial charge in [0.2, 0.25) is 0 Å². The number of esters is 1. The summed E-state index contributed by atoms with van der Waals surface area (Å²) in [5.74, 6) is -0.752. The van der Waals surface area contributed by atoms with Crippen molar-refractivity contribution in [3.63, 3.8) is 0 Å². The fourth-order valence-corrected chi connectivity index (χ4v) is 3.67. The van der Waals surface area contributed by atoms with Gasteiger partial charge in [-0.25, -0.2) is 4.79 Å². The molecule has 7 heteroatoms. The van der Waals surface area contributed by atoms with E-state index in [-0.39, 0.29) is 17.7 Å². The van der Waals surface area contributed by atoms with Gasteiger partial charge in [-0.2, -0.15) is 0 Å². The number of carbonyl (C=O) groups excluding carboxylic acids is 3. The van der Waals surface area contributed by atoms with Crippen LogP contribution in [-0.2, 0) is 16.1 Å². The van der Waals surface area contributed by atoms with Gasteiger partial charge in [0.05, 0.1) is 24.1 Å². The lowest BCUT2D eigenvalue weighted by Gasteiger charge is -2.13. The second-order valence-corrected chi connectivity index (χ2v) is 7.32. The molecule has 0 atom stereocenters. The van der Waals surface area contributed by atoms with Crippen LogP contribution in [0.5, 0.6) is 0 Å². The van der Waals surface area contributed by atoms with Gasteiger partial charge in [-0.1, -0.05) is 46.3 Å². The number of hydrogen-bond donors (Lipinski definition) is 0. The molecule has 1 saturated heterocycles. The van der Waals surface area contributed by atoms with E-state index in [4.69, 9.17) is 0 Å². The Morgan fingerprint density at radius 2 is 1.85 bits per heavy atom. The molecule has 0 unspecified atom stereocenters. The highest BCUT2D eigenvalue weighted by Crippen LogP contribution is 2.34. The van der Waals surface area contributed by atoms with E-state index in [1.54, 1.807) is 30.3 Å². The van der Waals surface area contributed by atoms with Crippen LogP contribution in [0, 0.1) is 0 Å². The van der Waals surface area contributed by atoms with E-state index in [1.807, 2.05) is 24.3 Å². The summed E-state index contributed by atoms with van der Waals surface area (Å²) in [5.41, 5.74) is 2.01. The predicted octanol–water partition coefficient (Wildman–Crippen LogP) is 4.47. The number of carbonyl (C=O) groups is 3. The van der Waals surface area contributed by atoms with Gasteiger partial charge in [0.15, 0.2) is 0 Å². The maximum atomic E-state index is 12.6. The van der Waals surface area contributed by atoms with Gasteiger partial charge in [0, 0.05) is 4.47 Å². The Morgan fingerprint density at radius 1 is 1.15 bits per heavy atom. The van der Waals surface area contributed by atoms with E-state index >= 15 is 0 Å². The van der Waals surface area contributed by atoms with Crippen LogP contribution in [0.15, 0.2) is 57.9 Å². The van der Waals surface area contributed by atoms with Crippen LogP contribution < -0.4 is 0 Å². The van der Waals surface area contributed by atoms with Crippen LogP contribution in [0.25, 0.3) is 6.08 Å². The SMILES string of the molecule is COC(=O)c1ccc(C=C2SC(=O)N(Cc3ccccc3Br)C2=O)cc1. The molecular weight excluding hydrogens is 418 g/mol. The molecule has 0 radical (unpaired) electrons. The molecule has 5 nitrogen and oxygen atoms in total. The Balaban J connectivity index is 1.79. The lowest BCUT2D eigenvalue weighted by atomic mass is 10.1. The number of hydrogen-bond acceptors (Lipinski definition) is 5. The van der Waals surface area contributed by atoms with E-state index in [0.29, 0.717) is 10.5 Å². The summed E-state index contributed by atoms with van der Waals surface area (Å²) in [6.45, 7) is 0.213. The fraction of sp³-hybridized carbons (Fsp3) is 0.105. The van der Waals surface area contributed by atoms with Crippen LogP contribution >= 0.6 is 27.7 Å². The second-order valence-electron chi connectivity index (χ2n) is 5.47. The van der Waals surface area contributed by atoms with Crippen LogP contribution in [0.2, 0.25) is 0 Å². The normalized spacial score (nSPS) is 15.6. The molecule has 3 rings (SSSR count). The van der Waals surface area contributed by atoms with Gasteiger partial charge in [-0.05, 0) is 47.2 Å². The van der Waals surface area contributed by atoms with Gasteiger partial charge in [-0.15, -0.1) is 0 Å². The van der Waals surface area contributed by atoms with Crippen LogP contribution in [0.4, 0.5) is 4.79 Å². The Kier molecular flexibility index (Phi) is 5.58. The molecule has 1 heterocycles. The van der Waals surface area contributed by atoms with Crippen molar-refractivity contribution in [1.29, 1.82) is 0 Å². The Labute approximate surface area is 163 Å². The minimum atomic E-state index is -0.426. The highest BCUT2D eigenvalue weighted by Gasteiger charge is 2.35. The van der Waals surface area contributed by atoms with Gasteiger partial charge in [-0.3, -0.25) is 14.5 Å². The molecule has 0 N–H and O–H groups in total. The average Bonchev–Trinajstić information content (AvgIpc) is 2.91. The molecule has 0 aromatic heterocycles. The predicted molar refractivity (Wildman–Crippen MR) is 103 cm³/mol. The third-order valence-electron chi connectivity index (χ3n) is 3.79. The number of benzene rings is 2. The molecule has 26 heavy (non-hydrogen) atoms. The second kappa shape index (κ2) is 7.88. The maximum Gasteiger partial charge on any atom is 0.337 e. The van der Waals surface area contributed by atoms with Crippen LogP contribution in [0.3, 0.4) is 0 Å². The standard InChI is InChI=1S/C19H14BrNO4S/c1-25-18(23)13-8-6-12(7-9-13)10-16-17(22)21(19(24)26-16)11-14-4-2-3-5-15(14)20/h2-10H,11H2,1H3. The quantitative estimate of drug-likeness (QED) is 0.527. The Morgan fingerprint density at radius 3 is 2.50 bits per heavy atom. The summed E-state index contributed by atoms with van der Waals surface area (Å²) in [6.07, 6.45) is 1.64. The molecule has 0 spiro atoms. The topological polar surface area (TPSA) is 63.7 Å². The molecule has 1 fully saturated rings. The first-order chi connectivity index (χ1) is 12.5. The van der Waals surface area contributed by atoms with Crippen LogP contribution in [0.1, 0.15) is 21.5 Å². The molecule has 1 aliphatic heterocycles. The molecule has 132 valence electrons. The zero-order valence-corrected chi connectivity index (χ0v) is 16.2. The van der Waals surface area contributed by atoms with E-state index in [1.165, 1.54) is 12.0 Å². The van der Waals surface area contributed by atoms with Crippen molar-refractivity contribution in [3.05, 3.63) is 74.6 Å². The van der Waals surface area contributed by atoms with Crippen molar-refractivity contribution in [2.45, 2.75) is 6.54 Å². The molecule has 2 amide bonds. The van der Waals surface area contributed by atoms with Crippen LogP contribution in [-0.4, -0.2) is 29.1 Å². The number of ether oxygens (including phenoxy) is 1. The zero-order chi connectivity index (χ0) is 18.7. The monoisotopic (exact) mass is 431 g/mol. The highest BCUT2D eigenvalue weighted by molar-refractivity contribution is 9.10. The lowest BCUT2D eigenvalue weighted by molar-refractivity contribution is -0.123. The first-order valence-corrected chi connectivity index (χ1v) is 9.27. The smallest absolute Gasteiger partial charge is 0.337 e. The lowest BCUT2D eigenvalue weighted by Crippen LogP contribution is -2.27. The molecule has 0 saturated carbocycles. The Bertz CT molecular complexity index is 908. The average molecular weight is 432 g/mol. The third kappa shape index (κ3) is 3.89. The maximum absolute atomic E-state index is 12.6. The van der Waals surface area contributed by atoms with Gasteiger partial charge in [0.1, 0.15) is 0 Å². The number of halogens is 1. The summed E-state index contributed by atoms with van der Waals surface area (Å²) < 4.78 is 5.50. The van der Waals surface area contributed by atoms with Crippen molar-refractivity contribution >= 4 is 50.9 Å². The first kappa shape index (κ1) is 18.4. The third-order valence-corrected chi connectivity index (χ3v) is 5.47. The van der Waals surface area contributed by atoms with E-state index in [0.717, 1.165) is 27.4 Å². The summed E-state index contributed by atoms with van der Waals surface area (Å²) in [6, 6.07) is 14.1. The molecule has 1 aliphatic rings. The van der Waals surface area contributed by atoms with Crippen molar-refractivity contribution in [2.24, 2.45) is 0 Å². The molecule has 2 aromatic carbocycles. The molecule has 0 aliphatic carbocycles. The first-order valence-electron chi connectivity index (χ1n) is 7.67. The van der Waals surface area contributed by atoms with E-state index in [9.17, 15) is 14.4 Å². The molecule has 2 aromatic rings. The highest BCUT2D eigenvalue weighted by atomic mass is 79.9. The van der Waals surface area contributed by atoms with Crippen molar-refractivity contribution in [2.75, 3.05) is 7.11 Å². The van der Waals surface area contributed by atoms with Crippen molar-refractivity contribution < 1.29 is 19.1 Å². The number of amides is 2. The van der Waals surface area contributed by atoms with Gasteiger partial charge in [0.25, 0.3) is 11.1 Å². The fourth-order valence-electron chi connectivity index (χ4n) is 2.42. The van der Waals surface area contributed by atoms with Crippen molar-refractivity contribution in [1.82, 2.24) is 4.90 Å². The summed E-state index contributed by atoms with van der Waals surface area (Å²) in [4.78, 5) is 37.9. The van der Waals surface area contributed by atoms with E-state index in [2.05, 4.69) is 20.7 Å². The summed E-state index contributed by atoms with van der Waals surface area (Å²) in [7, 11) is 1.32. The minimum Gasteiger partial charge on any atom is -0.465 e. The van der Waals surface area contributed by atoms with Gasteiger partial charge >= 0.3 is 5.97 Å². The number of methoxy groups -OCH3 is 1. The number of nitrogens with zero attached hydrogens (tertiary/aromatic N) is 1. The molecule has 0 bridgehead atoms. The number of thioether (sulfide) groups is 1. The Hall–Kier alpha value is -2.38. The summed E-state index contributed by atoms with van der Waals surface area (Å²) in [5, 5.41) is -0.303. The summed E-state index contributed by atoms with van der Waals surface area (Å²) >= 11 is 4.34. The van der Waals surface area contributed by atoms with E-state index < -0.39 is 5.97 Å². The number of imide groups is 1. The zero-order valence-electron chi connectivity index (χ0n) is 13.8. The minimum absolute atomic E-state index is 0.213.